The molecule has 13 heavy (non-hydrogen) atoms. The van der Waals surface area contributed by atoms with Gasteiger partial charge in [-0.25, -0.2) is 0 Å². The van der Waals surface area contributed by atoms with Gasteiger partial charge in [0.15, 0.2) is 0 Å². The normalized spacial score (nSPS) is 18.7. The summed E-state index contributed by atoms with van der Waals surface area (Å²) in [7, 11) is 1.72. The first-order valence-electron chi connectivity index (χ1n) is 5.17. The quantitative estimate of drug-likeness (QED) is 0.693. The van der Waals surface area contributed by atoms with Crippen molar-refractivity contribution in [2.24, 2.45) is 17.8 Å². The number of hydrogen-bond donors (Lipinski definition) is 1. The molecule has 80 valence electrons. The molecule has 0 aliphatic carbocycles. The topological polar surface area (TPSA) is 29.5 Å². The Balaban J connectivity index is 4.04. The molecule has 0 saturated heterocycles. The van der Waals surface area contributed by atoms with Crippen molar-refractivity contribution in [1.29, 1.82) is 0 Å². The van der Waals surface area contributed by atoms with Crippen molar-refractivity contribution in [3.05, 3.63) is 0 Å². The zero-order chi connectivity index (χ0) is 10.4. The Hall–Kier alpha value is -0.0800. The smallest absolute Gasteiger partial charge is 0.0545 e. The van der Waals surface area contributed by atoms with Crippen molar-refractivity contribution in [3.63, 3.8) is 0 Å². The highest BCUT2D eigenvalue weighted by Crippen LogP contribution is 2.26. The van der Waals surface area contributed by atoms with Crippen LogP contribution < -0.4 is 0 Å². The molecular weight excluding hydrogens is 164 g/mol. The summed E-state index contributed by atoms with van der Waals surface area (Å²) in [6.07, 6.45) is 0.816. The molecule has 1 N–H and O–H groups in total. The summed E-state index contributed by atoms with van der Waals surface area (Å²) in [5, 5.41) is 9.61. The fourth-order valence-corrected chi connectivity index (χ4v) is 2.19. The van der Waals surface area contributed by atoms with Gasteiger partial charge in [-0.15, -0.1) is 0 Å². The van der Waals surface area contributed by atoms with Crippen molar-refractivity contribution in [2.45, 2.75) is 40.2 Å². The van der Waals surface area contributed by atoms with E-state index in [0.29, 0.717) is 17.8 Å². The zero-order valence-electron chi connectivity index (χ0n) is 9.58. The minimum Gasteiger partial charge on any atom is -0.393 e. The van der Waals surface area contributed by atoms with E-state index in [1.165, 1.54) is 0 Å². The monoisotopic (exact) mass is 188 g/mol. The van der Waals surface area contributed by atoms with Crippen LogP contribution in [0.5, 0.6) is 0 Å². The number of aliphatic hydroxyl groups excluding tert-OH is 1. The third-order valence-corrected chi connectivity index (χ3v) is 2.76. The lowest BCUT2D eigenvalue weighted by Crippen LogP contribution is -2.29. The average Bonchev–Trinajstić information content (AvgIpc) is 1.99. The third-order valence-electron chi connectivity index (χ3n) is 2.76. The summed E-state index contributed by atoms with van der Waals surface area (Å²) in [4.78, 5) is 0. The third kappa shape index (κ3) is 4.63. The number of methoxy groups -OCH3 is 1. The molecule has 0 aliphatic heterocycles. The van der Waals surface area contributed by atoms with Gasteiger partial charge >= 0.3 is 0 Å². The number of aliphatic hydroxyl groups is 1. The van der Waals surface area contributed by atoms with Gasteiger partial charge in [-0.05, 0) is 31.1 Å². The lowest BCUT2D eigenvalue weighted by molar-refractivity contribution is 0.0495. The number of ether oxygens (including phenoxy) is 1. The van der Waals surface area contributed by atoms with Crippen molar-refractivity contribution in [2.75, 3.05) is 13.7 Å². The van der Waals surface area contributed by atoms with Crippen LogP contribution in [0.3, 0.4) is 0 Å². The van der Waals surface area contributed by atoms with E-state index < -0.39 is 0 Å². The SMILES string of the molecule is COCCC(C)C(C(C)C)C(C)O. The molecule has 3 atom stereocenters. The van der Waals surface area contributed by atoms with E-state index in [-0.39, 0.29) is 6.10 Å². The first kappa shape index (κ1) is 12.9. The van der Waals surface area contributed by atoms with Crippen LogP contribution in [-0.2, 0) is 4.74 Å². The van der Waals surface area contributed by atoms with Crippen molar-refractivity contribution < 1.29 is 9.84 Å². The molecule has 0 bridgehead atoms. The Morgan fingerprint density at radius 3 is 2.00 bits per heavy atom. The van der Waals surface area contributed by atoms with Crippen LogP contribution in [0.1, 0.15) is 34.1 Å². The van der Waals surface area contributed by atoms with Gasteiger partial charge in [-0.1, -0.05) is 20.8 Å². The van der Waals surface area contributed by atoms with E-state index in [1.54, 1.807) is 7.11 Å². The lowest BCUT2D eigenvalue weighted by Gasteiger charge is -2.29. The van der Waals surface area contributed by atoms with Gasteiger partial charge in [0, 0.05) is 13.7 Å². The van der Waals surface area contributed by atoms with Gasteiger partial charge in [0.05, 0.1) is 6.10 Å². The number of rotatable bonds is 6. The lowest BCUT2D eigenvalue weighted by atomic mass is 9.79. The first-order valence-corrected chi connectivity index (χ1v) is 5.17. The molecule has 0 radical (unpaired) electrons. The van der Waals surface area contributed by atoms with Crippen molar-refractivity contribution in [1.82, 2.24) is 0 Å². The zero-order valence-corrected chi connectivity index (χ0v) is 9.58. The maximum Gasteiger partial charge on any atom is 0.0545 e. The molecule has 0 aliphatic rings. The van der Waals surface area contributed by atoms with Gasteiger partial charge in [0.1, 0.15) is 0 Å². The second-order valence-corrected chi connectivity index (χ2v) is 4.32. The Bertz CT molecular complexity index is 113. The minimum atomic E-state index is -0.216. The van der Waals surface area contributed by atoms with Crippen molar-refractivity contribution >= 4 is 0 Å². The molecule has 0 aromatic rings. The van der Waals surface area contributed by atoms with E-state index in [4.69, 9.17) is 4.74 Å². The second-order valence-electron chi connectivity index (χ2n) is 4.32. The van der Waals surface area contributed by atoms with Crippen LogP contribution in [0.15, 0.2) is 0 Å². The van der Waals surface area contributed by atoms with Crippen LogP contribution in [0, 0.1) is 17.8 Å². The molecule has 0 rings (SSSR count). The molecule has 0 saturated carbocycles. The van der Waals surface area contributed by atoms with E-state index in [0.717, 1.165) is 13.0 Å². The van der Waals surface area contributed by atoms with E-state index >= 15 is 0 Å². The highest BCUT2D eigenvalue weighted by atomic mass is 16.5. The average molecular weight is 188 g/mol. The predicted octanol–water partition coefficient (Wildman–Crippen LogP) is 2.31. The summed E-state index contributed by atoms with van der Waals surface area (Å²) in [6, 6.07) is 0. The summed E-state index contributed by atoms with van der Waals surface area (Å²) < 4.78 is 5.04. The van der Waals surface area contributed by atoms with Crippen molar-refractivity contribution in [3.8, 4) is 0 Å². The molecule has 0 amide bonds. The Morgan fingerprint density at radius 1 is 1.15 bits per heavy atom. The summed E-state index contributed by atoms with van der Waals surface area (Å²) in [6.45, 7) is 9.20. The first-order chi connectivity index (χ1) is 6.00. The molecule has 0 heterocycles. The Morgan fingerprint density at radius 2 is 1.69 bits per heavy atom. The van der Waals surface area contributed by atoms with Crippen LogP contribution in [0.4, 0.5) is 0 Å². The Kier molecular flexibility index (Phi) is 6.35. The van der Waals surface area contributed by atoms with Gasteiger partial charge < -0.3 is 9.84 Å². The van der Waals surface area contributed by atoms with Crippen LogP contribution in [-0.4, -0.2) is 24.9 Å². The summed E-state index contributed by atoms with van der Waals surface area (Å²) in [5.41, 5.74) is 0. The fraction of sp³-hybridized carbons (Fsp3) is 1.00. The molecule has 0 fully saturated rings. The maximum atomic E-state index is 9.61. The van der Waals surface area contributed by atoms with Gasteiger partial charge in [-0.3, -0.25) is 0 Å². The standard InChI is InChI=1S/C11H24O2/c1-8(2)11(10(4)12)9(3)6-7-13-5/h8-12H,6-7H2,1-5H3. The molecule has 2 heteroatoms. The molecule has 0 aromatic heterocycles. The van der Waals surface area contributed by atoms with Gasteiger partial charge in [-0.2, -0.15) is 0 Å². The van der Waals surface area contributed by atoms with Gasteiger partial charge in [0.25, 0.3) is 0 Å². The maximum absolute atomic E-state index is 9.61. The predicted molar refractivity (Wildman–Crippen MR) is 55.7 cm³/mol. The molecule has 0 aromatic carbocycles. The largest absolute Gasteiger partial charge is 0.393 e. The van der Waals surface area contributed by atoms with Gasteiger partial charge in [0.2, 0.25) is 0 Å². The number of hydrogen-bond acceptors (Lipinski definition) is 2. The minimum absolute atomic E-state index is 0.216. The van der Waals surface area contributed by atoms with E-state index in [9.17, 15) is 5.11 Å². The second kappa shape index (κ2) is 6.39. The fourth-order valence-electron chi connectivity index (χ4n) is 2.19. The summed E-state index contributed by atoms with van der Waals surface area (Å²) >= 11 is 0. The van der Waals surface area contributed by atoms with E-state index in [1.807, 2.05) is 6.92 Å². The highest BCUT2D eigenvalue weighted by Gasteiger charge is 2.24. The molecule has 2 nitrogen and oxygen atoms in total. The summed E-state index contributed by atoms with van der Waals surface area (Å²) in [5.74, 6) is 1.45. The molecule has 3 unspecified atom stereocenters. The molecular formula is C11H24O2. The molecule has 0 spiro atoms. The Labute approximate surface area is 82.3 Å². The van der Waals surface area contributed by atoms with Crippen LogP contribution in [0.25, 0.3) is 0 Å². The van der Waals surface area contributed by atoms with Crippen LogP contribution in [0.2, 0.25) is 0 Å². The van der Waals surface area contributed by atoms with Crippen LogP contribution >= 0.6 is 0 Å². The highest BCUT2D eigenvalue weighted by molar-refractivity contribution is 4.74. The van der Waals surface area contributed by atoms with E-state index in [2.05, 4.69) is 20.8 Å².